The number of hydrogen-bond acceptors (Lipinski definition) is 5. The smallest absolute Gasteiger partial charge is 0.340 e. The van der Waals surface area contributed by atoms with Crippen LogP contribution in [0.15, 0.2) is 18.3 Å². The Morgan fingerprint density at radius 3 is 2.36 bits per heavy atom. The summed E-state index contributed by atoms with van der Waals surface area (Å²) >= 11 is 0. The lowest BCUT2D eigenvalue weighted by atomic mass is 10.1. The molecule has 0 fully saturated rings. The largest absolute Gasteiger partial charge is 0.490 e. The summed E-state index contributed by atoms with van der Waals surface area (Å²) in [4.78, 5) is 12.0. The van der Waals surface area contributed by atoms with Crippen LogP contribution in [0.3, 0.4) is 0 Å². The van der Waals surface area contributed by atoms with Gasteiger partial charge in [0.25, 0.3) is 0 Å². The van der Waals surface area contributed by atoms with Gasteiger partial charge in [0.2, 0.25) is 0 Å². The predicted molar refractivity (Wildman–Crippen MR) is 82.7 cm³/mol. The molecular formula is C16H21NO5. The summed E-state index contributed by atoms with van der Waals surface area (Å²) in [5.41, 5.74) is 1.23. The molecule has 0 saturated heterocycles. The third-order valence-corrected chi connectivity index (χ3v) is 3.29. The predicted octanol–water partition coefficient (Wildman–Crippen LogP) is 2.22. The van der Waals surface area contributed by atoms with E-state index in [1.165, 1.54) is 7.11 Å². The number of methoxy groups -OCH3 is 1. The highest BCUT2D eigenvalue weighted by Crippen LogP contribution is 2.35. The van der Waals surface area contributed by atoms with Crippen molar-refractivity contribution in [2.24, 2.45) is 0 Å². The van der Waals surface area contributed by atoms with Gasteiger partial charge in [-0.15, -0.1) is 0 Å². The number of hydrogen-bond donors (Lipinski definition) is 1. The summed E-state index contributed by atoms with van der Waals surface area (Å²) in [7, 11) is 1.34. The third kappa shape index (κ3) is 3.01. The van der Waals surface area contributed by atoms with Crippen molar-refractivity contribution in [3.05, 3.63) is 23.9 Å². The fourth-order valence-electron chi connectivity index (χ4n) is 2.40. The summed E-state index contributed by atoms with van der Waals surface area (Å²) in [6, 6.07) is 3.61. The van der Waals surface area contributed by atoms with Crippen LogP contribution in [0, 0.1) is 0 Å². The molecule has 0 saturated carbocycles. The molecule has 6 heteroatoms. The molecule has 0 aliphatic heterocycles. The van der Waals surface area contributed by atoms with Gasteiger partial charge >= 0.3 is 5.97 Å². The van der Waals surface area contributed by atoms with E-state index in [9.17, 15) is 9.90 Å². The van der Waals surface area contributed by atoms with Crippen molar-refractivity contribution in [3.63, 3.8) is 0 Å². The number of nitrogens with zero attached hydrogens (tertiary/aromatic N) is 1. The second-order valence-electron chi connectivity index (χ2n) is 4.63. The van der Waals surface area contributed by atoms with Gasteiger partial charge in [-0.1, -0.05) is 0 Å². The van der Waals surface area contributed by atoms with Crippen LogP contribution in [0.2, 0.25) is 0 Å². The molecule has 0 unspecified atom stereocenters. The monoisotopic (exact) mass is 307 g/mol. The lowest BCUT2D eigenvalue weighted by Crippen LogP contribution is -2.02. The van der Waals surface area contributed by atoms with E-state index in [2.05, 4.69) is 0 Å². The van der Waals surface area contributed by atoms with Crippen molar-refractivity contribution in [3.8, 4) is 11.5 Å². The molecule has 0 aliphatic rings. The molecule has 1 N–H and O–H groups in total. The highest BCUT2D eigenvalue weighted by molar-refractivity contribution is 6.05. The Morgan fingerprint density at radius 1 is 1.18 bits per heavy atom. The molecule has 2 aromatic rings. The van der Waals surface area contributed by atoms with Gasteiger partial charge < -0.3 is 23.9 Å². The van der Waals surface area contributed by atoms with E-state index in [1.54, 1.807) is 16.8 Å². The van der Waals surface area contributed by atoms with Crippen molar-refractivity contribution in [2.45, 2.75) is 20.4 Å². The van der Waals surface area contributed by atoms with Crippen LogP contribution >= 0.6 is 0 Å². The van der Waals surface area contributed by atoms with Gasteiger partial charge in [0.15, 0.2) is 11.5 Å². The van der Waals surface area contributed by atoms with Gasteiger partial charge in [-0.3, -0.25) is 0 Å². The minimum absolute atomic E-state index is 0.0262. The maximum atomic E-state index is 12.0. The number of carbonyl (C=O) groups is 1. The van der Waals surface area contributed by atoms with E-state index in [4.69, 9.17) is 14.2 Å². The number of fused-ring (bicyclic) bond motifs is 1. The molecular weight excluding hydrogens is 286 g/mol. The number of benzene rings is 1. The maximum Gasteiger partial charge on any atom is 0.340 e. The van der Waals surface area contributed by atoms with Crippen molar-refractivity contribution in [1.29, 1.82) is 0 Å². The first-order valence-electron chi connectivity index (χ1n) is 7.27. The van der Waals surface area contributed by atoms with Crippen LogP contribution in [0.1, 0.15) is 24.2 Å². The van der Waals surface area contributed by atoms with Crippen LogP contribution in [0.4, 0.5) is 0 Å². The summed E-state index contributed by atoms with van der Waals surface area (Å²) in [5.74, 6) is 0.780. The lowest BCUT2D eigenvalue weighted by Gasteiger charge is -2.12. The van der Waals surface area contributed by atoms with Gasteiger partial charge in [-0.25, -0.2) is 4.79 Å². The second-order valence-corrected chi connectivity index (χ2v) is 4.63. The maximum absolute atomic E-state index is 12.0. The Balaban J connectivity index is 2.67. The molecule has 0 aliphatic carbocycles. The summed E-state index contributed by atoms with van der Waals surface area (Å²) < 4.78 is 17.8. The normalized spacial score (nSPS) is 10.7. The first kappa shape index (κ1) is 16.2. The number of aliphatic hydroxyl groups excluding tert-OH is 1. The standard InChI is InChI=1S/C16H21NO5/c1-4-21-14-8-11-12(16(19)20-3)10-17(6-7-18)13(11)9-15(14)22-5-2/h8-10,18H,4-7H2,1-3H3. The van der Waals surface area contributed by atoms with Crippen LogP contribution in [-0.2, 0) is 11.3 Å². The highest BCUT2D eigenvalue weighted by atomic mass is 16.5. The number of esters is 1. The molecule has 2 rings (SSSR count). The molecule has 1 aromatic heterocycles. The number of aliphatic hydroxyl groups is 1. The molecule has 0 spiro atoms. The van der Waals surface area contributed by atoms with E-state index in [0.29, 0.717) is 42.2 Å². The Morgan fingerprint density at radius 2 is 1.82 bits per heavy atom. The Kier molecular flexibility index (Phi) is 5.27. The quantitative estimate of drug-likeness (QED) is 0.794. The zero-order chi connectivity index (χ0) is 16.1. The van der Waals surface area contributed by atoms with E-state index >= 15 is 0 Å². The third-order valence-electron chi connectivity index (χ3n) is 3.29. The second kappa shape index (κ2) is 7.17. The molecule has 6 nitrogen and oxygen atoms in total. The Bertz CT molecular complexity index is 662. The van der Waals surface area contributed by atoms with E-state index in [1.807, 2.05) is 19.9 Å². The molecule has 0 amide bonds. The van der Waals surface area contributed by atoms with Crippen molar-refractivity contribution < 1.29 is 24.1 Å². The van der Waals surface area contributed by atoms with E-state index in [0.717, 1.165) is 5.52 Å². The van der Waals surface area contributed by atoms with E-state index in [-0.39, 0.29) is 6.61 Å². The van der Waals surface area contributed by atoms with Crippen LogP contribution < -0.4 is 9.47 Å². The molecule has 1 aromatic carbocycles. The minimum Gasteiger partial charge on any atom is -0.490 e. The van der Waals surface area contributed by atoms with Crippen molar-refractivity contribution in [2.75, 3.05) is 26.9 Å². The molecule has 22 heavy (non-hydrogen) atoms. The number of ether oxygens (including phenoxy) is 3. The Labute approximate surface area is 129 Å². The van der Waals surface area contributed by atoms with Gasteiger partial charge in [0, 0.05) is 24.2 Å². The fourth-order valence-corrected chi connectivity index (χ4v) is 2.40. The molecule has 0 bridgehead atoms. The zero-order valence-electron chi connectivity index (χ0n) is 13.1. The first-order valence-corrected chi connectivity index (χ1v) is 7.27. The van der Waals surface area contributed by atoms with Crippen LogP contribution in [-0.4, -0.2) is 42.6 Å². The summed E-state index contributed by atoms with van der Waals surface area (Å²) in [5, 5.41) is 9.92. The fraction of sp³-hybridized carbons (Fsp3) is 0.438. The van der Waals surface area contributed by atoms with E-state index < -0.39 is 5.97 Å². The number of rotatable bonds is 7. The summed E-state index contributed by atoms with van der Waals surface area (Å²) in [6.07, 6.45) is 1.68. The van der Waals surface area contributed by atoms with Crippen LogP contribution in [0.5, 0.6) is 11.5 Å². The lowest BCUT2D eigenvalue weighted by molar-refractivity contribution is 0.0602. The first-order chi connectivity index (χ1) is 10.7. The molecule has 0 radical (unpaired) electrons. The average Bonchev–Trinajstić information content (AvgIpc) is 2.86. The topological polar surface area (TPSA) is 69.9 Å². The highest BCUT2D eigenvalue weighted by Gasteiger charge is 2.19. The average molecular weight is 307 g/mol. The van der Waals surface area contributed by atoms with Gasteiger partial charge in [-0.2, -0.15) is 0 Å². The molecule has 120 valence electrons. The number of carbonyl (C=O) groups excluding carboxylic acids is 1. The van der Waals surface area contributed by atoms with Crippen LogP contribution in [0.25, 0.3) is 10.9 Å². The summed E-state index contributed by atoms with van der Waals surface area (Å²) in [6.45, 7) is 5.14. The van der Waals surface area contributed by atoms with Gasteiger partial charge in [-0.05, 0) is 19.9 Å². The SMILES string of the molecule is CCOc1cc2c(C(=O)OC)cn(CCO)c2cc1OCC. The molecule has 1 heterocycles. The minimum atomic E-state index is -0.423. The Hall–Kier alpha value is -2.21. The van der Waals surface area contributed by atoms with Crippen molar-refractivity contribution >= 4 is 16.9 Å². The number of aromatic nitrogens is 1. The molecule has 0 atom stereocenters. The van der Waals surface area contributed by atoms with Crippen molar-refractivity contribution in [1.82, 2.24) is 4.57 Å². The zero-order valence-corrected chi connectivity index (χ0v) is 13.1. The van der Waals surface area contributed by atoms with Gasteiger partial charge in [0.05, 0.1) is 38.0 Å². The van der Waals surface area contributed by atoms with Gasteiger partial charge in [0.1, 0.15) is 0 Å².